The molecule has 0 amide bonds. The molecule has 1 heterocycles. The topological polar surface area (TPSA) is 0 Å². The minimum Gasteiger partial charge on any atom is -0.195 e. The van der Waals surface area contributed by atoms with Crippen LogP contribution in [0.25, 0.3) is 10.1 Å². The number of halogens is 1. The molecular formula is C8H5FS. The predicted octanol–water partition coefficient (Wildman–Crippen LogP) is 3.04. The van der Waals surface area contributed by atoms with E-state index < -0.39 is 0 Å². The second-order valence-electron chi connectivity index (χ2n) is 2.09. The van der Waals surface area contributed by atoms with Crippen LogP contribution in [0.5, 0.6) is 0 Å². The van der Waals surface area contributed by atoms with E-state index in [1.807, 2.05) is 24.3 Å². The van der Waals surface area contributed by atoms with Crippen LogP contribution < -0.4 is 0 Å². The standard InChI is InChI=1S/C8H5FS/c9-8-5-6-3-1-2-4-7(6)10-8/h1-5H. The lowest BCUT2D eigenvalue weighted by Gasteiger charge is -1.81. The maximum atomic E-state index is 12.5. The van der Waals surface area contributed by atoms with E-state index in [1.54, 1.807) is 6.07 Å². The highest BCUT2D eigenvalue weighted by Crippen LogP contribution is 2.23. The van der Waals surface area contributed by atoms with Crippen molar-refractivity contribution in [3.8, 4) is 0 Å². The molecule has 0 nitrogen and oxygen atoms in total. The lowest BCUT2D eigenvalue weighted by atomic mass is 10.3. The molecule has 50 valence electrons. The highest BCUT2D eigenvalue weighted by molar-refractivity contribution is 7.17. The lowest BCUT2D eigenvalue weighted by molar-refractivity contribution is 0.658. The molecule has 0 aliphatic carbocycles. The van der Waals surface area contributed by atoms with E-state index in [0.717, 1.165) is 10.1 Å². The Morgan fingerprint density at radius 1 is 1.20 bits per heavy atom. The van der Waals surface area contributed by atoms with Gasteiger partial charge in [0.1, 0.15) is 0 Å². The van der Waals surface area contributed by atoms with Crippen LogP contribution >= 0.6 is 11.3 Å². The molecule has 0 aliphatic heterocycles. The summed E-state index contributed by atoms with van der Waals surface area (Å²) in [6, 6.07) is 9.21. The molecule has 0 saturated carbocycles. The van der Waals surface area contributed by atoms with Crippen molar-refractivity contribution >= 4 is 21.4 Å². The fourth-order valence-corrected chi connectivity index (χ4v) is 1.74. The van der Waals surface area contributed by atoms with Gasteiger partial charge in [0, 0.05) is 4.70 Å². The van der Waals surface area contributed by atoms with E-state index in [4.69, 9.17) is 0 Å². The summed E-state index contributed by atoms with van der Waals surface area (Å²) in [7, 11) is 0. The first-order valence-corrected chi connectivity index (χ1v) is 3.82. The van der Waals surface area contributed by atoms with Crippen LogP contribution in [-0.4, -0.2) is 0 Å². The molecule has 0 aliphatic rings. The van der Waals surface area contributed by atoms with Gasteiger partial charge in [-0.25, -0.2) is 0 Å². The van der Waals surface area contributed by atoms with Crippen molar-refractivity contribution < 1.29 is 4.39 Å². The Balaban J connectivity index is 2.88. The van der Waals surface area contributed by atoms with Gasteiger partial charge in [0.15, 0.2) is 5.13 Å². The average molecular weight is 152 g/mol. The summed E-state index contributed by atoms with van der Waals surface area (Å²) < 4.78 is 13.6. The zero-order valence-corrected chi connectivity index (χ0v) is 5.99. The third-order valence-corrected chi connectivity index (χ3v) is 2.30. The molecule has 0 spiro atoms. The van der Waals surface area contributed by atoms with Crippen LogP contribution in [0, 0.1) is 5.13 Å². The van der Waals surface area contributed by atoms with E-state index in [2.05, 4.69) is 0 Å². The van der Waals surface area contributed by atoms with Crippen molar-refractivity contribution in [3.63, 3.8) is 0 Å². The quantitative estimate of drug-likeness (QED) is 0.544. The number of thiophene rings is 1. The average Bonchev–Trinajstić information content (AvgIpc) is 2.27. The van der Waals surface area contributed by atoms with E-state index in [9.17, 15) is 4.39 Å². The van der Waals surface area contributed by atoms with E-state index in [-0.39, 0.29) is 5.13 Å². The minimum absolute atomic E-state index is 0.110. The summed E-state index contributed by atoms with van der Waals surface area (Å²) in [5.41, 5.74) is 0. The molecule has 0 N–H and O–H groups in total. The summed E-state index contributed by atoms with van der Waals surface area (Å²) in [6.07, 6.45) is 0. The molecule has 0 fully saturated rings. The SMILES string of the molecule is Fc1cc2ccccc2s1. The van der Waals surface area contributed by atoms with Gasteiger partial charge >= 0.3 is 0 Å². The summed E-state index contributed by atoms with van der Waals surface area (Å²) in [5, 5.41) is 0.881. The maximum absolute atomic E-state index is 12.5. The molecule has 0 bridgehead atoms. The van der Waals surface area contributed by atoms with Gasteiger partial charge in [0.05, 0.1) is 0 Å². The van der Waals surface area contributed by atoms with Crippen LogP contribution in [0.2, 0.25) is 0 Å². The first kappa shape index (κ1) is 5.86. The zero-order valence-electron chi connectivity index (χ0n) is 5.17. The molecule has 2 rings (SSSR count). The van der Waals surface area contributed by atoms with Gasteiger partial charge in [0.2, 0.25) is 0 Å². The Kier molecular flexibility index (Phi) is 1.21. The predicted molar refractivity (Wildman–Crippen MR) is 41.8 cm³/mol. The largest absolute Gasteiger partial charge is 0.195 e. The van der Waals surface area contributed by atoms with E-state index in [0.29, 0.717) is 0 Å². The normalized spacial score (nSPS) is 10.5. The monoisotopic (exact) mass is 152 g/mol. The fourth-order valence-electron chi connectivity index (χ4n) is 0.949. The third kappa shape index (κ3) is 0.809. The lowest BCUT2D eigenvalue weighted by Crippen LogP contribution is -1.56. The molecule has 0 radical (unpaired) electrons. The van der Waals surface area contributed by atoms with Gasteiger partial charge in [-0.2, -0.15) is 4.39 Å². The molecule has 0 atom stereocenters. The van der Waals surface area contributed by atoms with Crippen LogP contribution in [0.3, 0.4) is 0 Å². The van der Waals surface area contributed by atoms with Gasteiger partial charge in [-0.1, -0.05) is 18.2 Å². The van der Waals surface area contributed by atoms with Gasteiger partial charge in [-0.15, -0.1) is 11.3 Å². The van der Waals surface area contributed by atoms with Crippen molar-refractivity contribution in [2.24, 2.45) is 0 Å². The molecule has 10 heavy (non-hydrogen) atoms. The van der Waals surface area contributed by atoms with Gasteiger partial charge < -0.3 is 0 Å². The van der Waals surface area contributed by atoms with E-state index in [1.165, 1.54) is 11.3 Å². The van der Waals surface area contributed by atoms with Crippen LogP contribution in [-0.2, 0) is 0 Å². The Hall–Kier alpha value is -0.890. The molecule has 0 unspecified atom stereocenters. The van der Waals surface area contributed by atoms with Crippen LogP contribution in [0.15, 0.2) is 30.3 Å². The number of hydrogen-bond acceptors (Lipinski definition) is 1. The first-order chi connectivity index (χ1) is 4.86. The highest BCUT2D eigenvalue weighted by Gasteiger charge is 1.96. The second kappa shape index (κ2) is 2.06. The summed E-state index contributed by atoms with van der Waals surface area (Å²) in [5.74, 6) is 0. The van der Waals surface area contributed by atoms with Gasteiger partial charge in [-0.3, -0.25) is 0 Å². The molecular weight excluding hydrogens is 147 g/mol. The van der Waals surface area contributed by atoms with Crippen molar-refractivity contribution in [1.82, 2.24) is 0 Å². The summed E-state index contributed by atoms with van der Waals surface area (Å²) in [6.45, 7) is 0. The van der Waals surface area contributed by atoms with Crippen LogP contribution in [0.4, 0.5) is 4.39 Å². The smallest absolute Gasteiger partial charge is 0.177 e. The maximum Gasteiger partial charge on any atom is 0.177 e. The summed E-state index contributed by atoms with van der Waals surface area (Å²) >= 11 is 1.19. The number of hydrogen-bond donors (Lipinski definition) is 0. The minimum atomic E-state index is -0.110. The highest BCUT2D eigenvalue weighted by atomic mass is 32.1. The first-order valence-electron chi connectivity index (χ1n) is 3.00. The van der Waals surface area contributed by atoms with Gasteiger partial charge in [0.25, 0.3) is 0 Å². The Labute approximate surface area is 61.9 Å². The van der Waals surface area contributed by atoms with Crippen LogP contribution in [0.1, 0.15) is 0 Å². The van der Waals surface area contributed by atoms with Crippen molar-refractivity contribution in [2.75, 3.05) is 0 Å². The van der Waals surface area contributed by atoms with E-state index >= 15 is 0 Å². The van der Waals surface area contributed by atoms with Crippen molar-refractivity contribution in [1.29, 1.82) is 0 Å². The Bertz CT molecular complexity index is 318. The zero-order chi connectivity index (χ0) is 6.97. The Morgan fingerprint density at radius 3 is 2.80 bits per heavy atom. The number of rotatable bonds is 0. The van der Waals surface area contributed by atoms with Crippen molar-refractivity contribution in [2.45, 2.75) is 0 Å². The Morgan fingerprint density at radius 2 is 2.00 bits per heavy atom. The van der Waals surface area contributed by atoms with Gasteiger partial charge in [-0.05, 0) is 17.5 Å². The second-order valence-corrected chi connectivity index (χ2v) is 3.12. The molecule has 2 heteroatoms. The molecule has 2 aromatic rings. The third-order valence-electron chi connectivity index (χ3n) is 1.40. The summed E-state index contributed by atoms with van der Waals surface area (Å²) in [4.78, 5) is 0. The van der Waals surface area contributed by atoms with Crippen molar-refractivity contribution in [3.05, 3.63) is 35.5 Å². The number of fused-ring (bicyclic) bond motifs is 1. The molecule has 1 aromatic heterocycles. The number of benzene rings is 1. The molecule has 1 aromatic carbocycles. The fraction of sp³-hybridized carbons (Fsp3) is 0. The molecule has 0 saturated heterocycles.